The lowest BCUT2D eigenvalue weighted by Gasteiger charge is -2.12. The minimum atomic E-state index is -0.558. The Labute approximate surface area is 119 Å². The van der Waals surface area contributed by atoms with Crippen molar-refractivity contribution in [1.29, 1.82) is 0 Å². The maximum absolute atomic E-state index is 11.7. The molecule has 0 aliphatic heterocycles. The zero-order chi connectivity index (χ0) is 14.8. The summed E-state index contributed by atoms with van der Waals surface area (Å²) in [5.74, 6) is -0.545. The van der Waals surface area contributed by atoms with E-state index in [2.05, 4.69) is 5.32 Å². The van der Waals surface area contributed by atoms with Gasteiger partial charge in [0.05, 0.1) is 19.1 Å². The summed E-state index contributed by atoms with van der Waals surface area (Å²) in [7, 11) is 0. The Balaban J connectivity index is 2.21. The van der Waals surface area contributed by atoms with E-state index in [1.807, 2.05) is 30.3 Å². The second-order valence-corrected chi connectivity index (χ2v) is 4.48. The Morgan fingerprint density at radius 2 is 2.00 bits per heavy atom. The summed E-state index contributed by atoms with van der Waals surface area (Å²) in [6.45, 7) is 2.36. The van der Waals surface area contributed by atoms with Gasteiger partial charge in [0, 0.05) is 6.54 Å². The van der Waals surface area contributed by atoms with Gasteiger partial charge in [0.1, 0.15) is 0 Å². The lowest BCUT2D eigenvalue weighted by atomic mass is 10.1. The van der Waals surface area contributed by atoms with Crippen molar-refractivity contribution < 1.29 is 14.3 Å². The lowest BCUT2D eigenvalue weighted by molar-refractivity contribution is -0.143. The molecule has 1 atom stereocenters. The average Bonchev–Trinajstić information content (AvgIpc) is 2.46. The number of hydrogen-bond acceptors (Lipinski definition) is 4. The van der Waals surface area contributed by atoms with E-state index in [1.165, 1.54) is 0 Å². The van der Waals surface area contributed by atoms with Crippen molar-refractivity contribution in [2.45, 2.75) is 32.2 Å². The molecule has 0 heterocycles. The standard InChI is InChI=1S/C15H22N2O3/c1-2-20-14(18)10-11-17-15(19)13(16)9-8-12-6-4-3-5-7-12/h3-7,13H,2,8-11,16H2,1H3,(H,17,19). The minimum Gasteiger partial charge on any atom is -0.466 e. The van der Waals surface area contributed by atoms with Crippen LogP contribution in [0.25, 0.3) is 0 Å². The molecule has 0 aromatic heterocycles. The first-order valence-electron chi connectivity index (χ1n) is 6.86. The largest absolute Gasteiger partial charge is 0.466 e. The first-order chi connectivity index (χ1) is 9.63. The van der Waals surface area contributed by atoms with Gasteiger partial charge in [-0.1, -0.05) is 30.3 Å². The maximum Gasteiger partial charge on any atom is 0.307 e. The van der Waals surface area contributed by atoms with Crippen LogP contribution in [-0.4, -0.2) is 31.1 Å². The number of nitrogens with two attached hydrogens (primary N) is 1. The summed E-state index contributed by atoms with van der Waals surface area (Å²) in [6.07, 6.45) is 1.51. The topological polar surface area (TPSA) is 81.4 Å². The molecule has 1 rings (SSSR count). The molecule has 1 aromatic rings. The number of hydrogen-bond donors (Lipinski definition) is 2. The van der Waals surface area contributed by atoms with Gasteiger partial charge in [-0.3, -0.25) is 9.59 Å². The number of aryl methyl sites for hydroxylation is 1. The summed E-state index contributed by atoms with van der Waals surface area (Å²) in [6, 6.07) is 9.32. The van der Waals surface area contributed by atoms with Crippen LogP contribution in [0.4, 0.5) is 0 Å². The van der Waals surface area contributed by atoms with E-state index in [-0.39, 0.29) is 24.8 Å². The molecule has 0 spiro atoms. The second-order valence-electron chi connectivity index (χ2n) is 4.48. The molecule has 5 heteroatoms. The molecule has 1 aromatic carbocycles. The second kappa shape index (κ2) is 9.09. The van der Waals surface area contributed by atoms with Crippen molar-refractivity contribution in [3.63, 3.8) is 0 Å². The zero-order valence-electron chi connectivity index (χ0n) is 11.8. The van der Waals surface area contributed by atoms with Crippen molar-refractivity contribution >= 4 is 11.9 Å². The molecule has 0 aliphatic rings. The third-order valence-electron chi connectivity index (χ3n) is 2.86. The molecule has 0 saturated carbocycles. The average molecular weight is 278 g/mol. The normalized spacial score (nSPS) is 11.7. The first kappa shape index (κ1) is 16.2. The van der Waals surface area contributed by atoms with Gasteiger partial charge >= 0.3 is 5.97 Å². The first-order valence-corrected chi connectivity index (χ1v) is 6.86. The molecule has 110 valence electrons. The van der Waals surface area contributed by atoms with Crippen LogP contribution in [0.15, 0.2) is 30.3 Å². The van der Waals surface area contributed by atoms with Crippen LogP contribution in [0.5, 0.6) is 0 Å². The van der Waals surface area contributed by atoms with Gasteiger partial charge in [-0.05, 0) is 25.3 Å². The predicted molar refractivity (Wildman–Crippen MR) is 77.0 cm³/mol. The molecule has 1 amide bonds. The van der Waals surface area contributed by atoms with Crippen LogP contribution in [0.2, 0.25) is 0 Å². The number of benzene rings is 1. The van der Waals surface area contributed by atoms with Gasteiger partial charge in [-0.15, -0.1) is 0 Å². The molecular weight excluding hydrogens is 256 g/mol. The molecule has 0 fully saturated rings. The van der Waals surface area contributed by atoms with Gasteiger partial charge in [0.15, 0.2) is 0 Å². The van der Waals surface area contributed by atoms with Gasteiger partial charge in [0.25, 0.3) is 0 Å². The van der Waals surface area contributed by atoms with Crippen LogP contribution in [0.3, 0.4) is 0 Å². The van der Waals surface area contributed by atoms with Crippen molar-refractivity contribution in [2.75, 3.05) is 13.2 Å². The Kier molecular flexibility index (Phi) is 7.35. The number of rotatable bonds is 8. The highest BCUT2D eigenvalue weighted by molar-refractivity contribution is 5.82. The fraction of sp³-hybridized carbons (Fsp3) is 0.467. The zero-order valence-corrected chi connectivity index (χ0v) is 11.8. The van der Waals surface area contributed by atoms with E-state index in [1.54, 1.807) is 6.92 Å². The van der Waals surface area contributed by atoms with E-state index in [0.29, 0.717) is 13.0 Å². The fourth-order valence-corrected chi connectivity index (χ4v) is 1.75. The number of esters is 1. The van der Waals surface area contributed by atoms with Crippen LogP contribution >= 0.6 is 0 Å². The van der Waals surface area contributed by atoms with Gasteiger partial charge in [-0.25, -0.2) is 0 Å². The smallest absolute Gasteiger partial charge is 0.307 e. The van der Waals surface area contributed by atoms with Gasteiger partial charge in [-0.2, -0.15) is 0 Å². The molecule has 20 heavy (non-hydrogen) atoms. The highest BCUT2D eigenvalue weighted by Gasteiger charge is 2.13. The molecule has 0 radical (unpaired) electrons. The monoisotopic (exact) mass is 278 g/mol. The Bertz CT molecular complexity index is 420. The molecule has 1 unspecified atom stereocenters. The van der Waals surface area contributed by atoms with Crippen LogP contribution in [0, 0.1) is 0 Å². The van der Waals surface area contributed by atoms with Crippen LogP contribution in [-0.2, 0) is 20.7 Å². The highest BCUT2D eigenvalue weighted by Crippen LogP contribution is 2.04. The molecular formula is C15H22N2O3. The van der Waals surface area contributed by atoms with Gasteiger partial charge < -0.3 is 15.8 Å². The quantitative estimate of drug-likeness (QED) is 0.696. The van der Waals surface area contributed by atoms with Crippen molar-refractivity contribution in [2.24, 2.45) is 5.73 Å². The maximum atomic E-state index is 11.7. The van der Waals surface area contributed by atoms with E-state index in [0.717, 1.165) is 12.0 Å². The van der Waals surface area contributed by atoms with Crippen molar-refractivity contribution in [3.05, 3.63) is 35.9 Å². The number of amides is 1. The van der Waals surface area contributed by atoms with Crippen LogP contribution in [0.1, 0.15) is 25.3 Å². The Morgan fingerprint density at radius 1 is 1.30 bits per heavy atom. The highest BCUT2D eigenvalue weighted by atomic mass is 16.5. The predicted octanol–water partition coefficient (Wildman–Crippen LogP) is 1.02. The van der Waals surface area contributed by atoms with Crippen molar-refractivity contribution in [3.8, 4) is 0 Å². The molecule has 0 aliphatic carbocycles. The Hall–Kier alpha value is -1.88. The summed E-state index contributed by atoms with van der Waals surface area (Å²) in [5, 5.41) is 2.64. The van der Waals surface area contributed by atoms with Crippen molar-refractivity contribution in [1.82, 2.24) is 5.32 Å². The third-order valence-corrected chi connectivity index (χ3v) is 2.86. The fourth-order valence-electron chi connectivity index (χ4n) is 1.75. The molecule has 0 bridgehead atoms. The van der Waals surface area contributed by atoms with Crippen LogP contribution < -0.4 is 11.1 Å². The number of carbonyl (C=O) groups is 2. The Morgan fingerprint density at radius 3 is 2.65 bits per heavy atom. The number of ether oxygens (including phenoxy) is 1. The number of nitrogens with one attached hydrogen (secondary N) is 1. The van der Waals surface area contributed by atoms with Gasteiger partial charge in [0.2, 0.25) is 5.91 Å². The van der Waals surface area contributed by atoms with E-state index < -0.39 is 6.04 Å². The SMILES string of the molecule is CCOC(=O)CCNC(=O)C(N)CCc1ccccc1. The lowest BCUT2D eigenvalue weighted by Crippen LogP contribution is -2.41. The van der Waals surface area contributed by atoms with E-state index >= 15 is 0 Å². The molecule has 0 saturated heterocycles. The minimum absolute atomic E-state index is 0.172. The number of carbonyl (C=O) groups excluding carboxylic acids is 2. The molecule has 5 nitrogen and oxygen atoms in total. The summed E-state index contributed by atoms with van der Waals surface area (Å²) >= 11 is 0. The summed E-state index contributed by atoms with van der Waals surface area (Å²) in [4.78, 5) is 22.8. The van der Waals surface area contributed by atoms with E-state index in [9.17, 15) is 9.59 Å². The summed E-state index contributed by atoms with van der Waals surface area (Å²) in [5.41, 5.74) is 6.97. The molecule has 3 N–H and O–H groups in total. The third kappa shape index (κ3) is 6.33. The summed E-state index contributed by atoms with van der Waals surface area (Å²) < 4.78 is 4.77. The van der Waals surface area contributed by atoms with E-state index in [4.69, 9.17) is 10.5 Å².